The molecule has 0 radical (unpaired) electrons. The van der Waals surface area contributed by atoms with Crippen molar-refractivity contribution in [2.24, 2.45) is 0 Å². The van der Waals surface area contributed by atoms with Gasteiger partial charge in [-0.1, -0.05) is 25.5 Å². The molecule has 0 saturated carbocycles. The fourth-order valence-electron chi connectivity index (χ4n) is 1.63. The molecule has 1 rings (SSSR count). The second-order valence-corrected chi connectivity index (χ2v) is 4.20. The van der Waals surface area contributed by atoms with Crippen LogP contribution in [0.25, 0.3) is 0 Å². The van der Waals surface area contributed by atoms with Crippen LogP contribution in [-0.4, -0.2) is 25.0 Å². The third kappa shape index (κ3) is 6.04. The first-order chi connectivity index (χ1) is 9.15. The van der Waals surface area contributed by atoms with Gasteiger partial charge in [0.15, 0.2) is 5.78 Å². The number of hydrogen-bond donors (Lipinski definition) is 0. The molecule has 0 spiro atoms. The number of benzene rings is 1. The molecule has 0 saturated heterocycles. The average molecular weight is 264 g/mol. The molecule has 0 unspecified atom stereocenters. The van der Waals surface area contributed by atoms with Gasteiger partial charge in [-0.15, -0.1) is 0 Å². The van der Waals surface area contributed by atoms with Crippen LogP contribution in [0.5, 0.6) is 5.75 Å². The molecule has 0 aromatic heterocycles. The normalized spacial score (nSPS) is 10.0. The molecule has 104 valence electrons. The van der Waals surface area contributed by atoms with Crippen LogP contribution in [0.15, 0.2) is 24.3 Å². The summed E-state index contributed by atoms with van der Waals surface area (Å²) in [5.74, 6) is -0.150. The molecule has 0 fully saturated rings. The second-order valence-electron chi connectivity index (χ2n) is 4.20. The SMILES string of the molecule is CCCc1ccc(OCC(=O)CC(=O)OCC)cc1. The van der Waals surface area contributed by atoms with Gasteiger partial charge >= 0.3 is 5.97 Å². The van der Waals surface area contributed by atoms with Crippen molar-refractivity contribution in [3.05, 3.63) is 29.8 Å². The number of ether oxygens (including phenoxy) is 2. The smallest absolute Gasteiger partial charge is 0.313 e. The number of hydrogen-bond acceptors (Lipinski definition) is 4. The summed E-state index contributed by atoms with van der Waals surface area (Å²) >= 11 is 0. The Morgan fingerprint density at radius 3 is 2.37 bits per heavy atom. The molecule has 1 aromatic carbocycles. The highest BCUT2D eigenvalue weighted by Crippen LogP contribution is 2.13. The van der Waals surface area contributed by atoms with Crippen LogP contribution in [0, 0.1) is 0 Å². The Labute approximate surface area is 113 Å². The maximum absolute atomic E-state index is 11.4. The molecule has 0 bridgehead atoms. The quantitative estimate of drug-likeness (QED) is 0.535. The van der Waals surface area contributed by atoms with E-state index in [1.54, 1.807) is 6.92 Å². The molecular weight excluding hydrogens is 244 g/mol. The molecule has 4 nitrogen and oxygen atoms in total. The highest BCUT2D eigenvalue weighted by molar-refractivity contribution is 5.96. The van der Waals surface area contributed by atoms with Gasteiger partial charge in [0.25, 0.3) is 0 Å². The van der Waals surface area contributed by atoms with Gasteiger partial charge in [0, 0.05) is 0 Å². The zero-order chi connectivity index (χ0) is 14.1. The van der Waals surface area contributed by atoms with Gasteiger partial charge in [-0.25, -0.2) is 0 Å². The second kappa shape index (κ2) is 8.29. The van der Waals surface area contributed by atoms with E-state index in [9.17, 15) is 9.59 Å². The summed E-state index contributed by atoms with van der Waals surface area (Å²) in [6.45, 7) is 4.01. The molecule has 0 aliphatic carbocycles. The zero-order valence-corrected chi connectivity index (χ0v) is 11.5. The Bertz CT molecular complexity index is 409. The summed E-state index contributed by atoms with van der Waals surface area (Å²) < 4.78 is 10.0. The van der Waals surface area contributed by atoms with E-state index in [1.807, 2.05) is 24.3 Å². The Morgan fingerprint density at radius 2 is 1.79 bits per heavy atom. The summed E-state index contributed by atoms with van der Waals surface area (Å²) in [5, 5.41) is 0. The predicted octanol–water partition coefficient (Wildman–Crippen LogP) is 2.54. The first-order valence-electron chi connectivity index (χ1n) is 6.54. The van der Waals surface area contributed by atoms with E-state index in [-0.39, 0.29) is 25.4 Å². The Morgan fingerprint density at radius 1 is 1.11 bits per heavy atom. The van der Waals surface area contributed by atoms with Crippen LogP contribution in [0.2, 0.25) is 0 Å². The lowest BCUT2D eigenvalue weighted by Gasteiger charge is -2.06. The van der Waals surface area contributed by atoms with E-state index in [4.69, 9.17) is 9.47 Å². The molecule has 0 aliphatic rings. The number of Topliss-reactive ketones (excluding diaryl/α,β-unsaturated/α-hetero) is 1. The Kier molecular flexibility index (Phi) is 6.64. The van der Waals surface area contributed by atoms with Crippen molar-refractivity contribution in [3.63, 3.8) is 0 Å². The lowest BCUT2D eigenvalue weighted by molar-refractivity contribution is -0.145. The minimum atomic E-state index is -0.505. The van der Waals surface area contributed by atoms with Gasteiger partial charge in [0.05, 0.1) is 6.61 Å². The predicted molar refractivity (Wildman–Crippen MR) is 72.2 cm³/mol. The van der Waals surface area contributed by atoms with Crippen molar-refractivity contribution in [2.45, 2.75) is 33.1 Å². The number of esters is 1. The molecule has 1 aromatic rings. The average Bonchev–Trinajstić information content (AvgIpc) is 2.38. The summed E-state index contributed by atoms with van der Waals surface area (Å²) in [7, 11) is 0. The van der Waals surface area contributed by atoms with Gasteiger partial charge in [0.2, 0.25) is 0 Å². The highest BCUT2D eigenvalue weighted by Gasteiger charge is 2.10. The molecule has 4 heteroatoms. The maximum atomic E-state index is 11.4. The van der Waals surface area contributed by atoms with Crippen LogP contribution >= 0.6 is 0 Å². The van der Waals surface area contributed by atoms with Crippen molar-refractivity contribution in [2.75, 3.05) is 13.2 Å². The maximum Gasteiger partial charge on any atom is 0.313 e. The standard InChI is InChI=1S/C15H20O4/c1-3-5-12-6-8-14(9-7-12)19-11-13(16)10-15(17)18-4-2/h6-9H,3-5,10-11H2,1-2H3. The van der Waals surface area contributed by atoms with E-state index >= 15 is 0 Å². The lowest BCUT2D eigenvalue weighted by Crippen LogP contribution is -2.17. The molecule has 0 N–H and O–H groups in total. The summed E-state index contributed by atoms with van der Waals surface area (Å²) in [6.07, 6.45) is 1.89. The van der Waals surface area contributed by atoms with Gasteiger partial charge < -0.3 is 9.47 Å². The van der Waals surface area contributed by atoms with Crippen molar-refractivity contribution in [3.8, 4) is 5.75 Å². The Hall–Kier alpha value is -1.84. The van der Waals surface area contributed by atoms with Gasteiger partial charge in [-0.05, 0) is 31.0 Å². The summed E-state index contributed by atoms with van der Waals surface area (Å²) in [5.41, 5.74) is 1.24. The first kappa shape index (κ1) is 15.2. The third-order valence-electron chi connectivity index (χ3n) is 2.51. The third-order valence-corrected chi connectivity index (χ3v) is 2.51. The number of rotatable bonds is 8. The van der Waals surface area contributed by atoms with Crippen LogP contribution in [0.1, 0.15) is 32.3 Å². The molecule has 0 aliphatic heterocycles. The van der Waals surface area contributed by atoms with E-state index in [2.05, 4.69) is 6.92 Å². The number of carbonyl (C=O) groups excluding carboxylic acids is 2. The van der Waals surface area contributed by atoms with E-state index < -0.39 is 5.97 Å². The lowest BCUT2D eigenvalue weighted by atomic mass is 10.1. The van der Waals surface area contributed by atoms with Crippen LogP contribution in [-0.2, 0) is 20.7 Å². The highest BCUT2D eigenvalue weighted by atomic mass is 16.5. The minimum Gasteiger partial charge on any atom is -0.486 e. The van der Waals surface area contributed by atoms with Gasteiger partial charge in [-0.2, -0.15) is 0 Å². The molecule has 0 heterocycles. The van der Waals surface area contributed by atoms with Crippen LogP contribution in [0.4, 0.5) is 0 Å². The van der Waals surface area contributed by atoms with E-state index in [0.29, 0.717) is 5.75 Å². The molecule has 0 atom stereocenters. The number of aryl methyl sites for hydroxylation is 1. The molecule has 19 heavy (non-hydrogen) atoms. The van der Waals surface area contributed by atoms with E-state index in [1.165, 1.54) is 5.56 Å². The van der Waals surface area contributed by atoms with Gasteiger partial charge in [-0.3, -0.25) is 9.59 Å². The van der Waals surface area contributed by atoms with E-state index in [0.717, 1.165) is 12.8 Å². The fraction of sp³-hybridized carbons (Fsp3) is 0.467. The molecule has 0 amide bonds. The minimum absolute atomic E-state index is 0.105. The summed E-state index contributed by atoms with van der Waals surface area (Å²) in [6, 6.07) is 7.63. The van der Waals surface area contributed by atoms with Crippen molar-refractivity contribution in [1.29, 1.82) is 0 Å². The number of carbonyl (C=O) groups is 2. The van der Waals surface area contributed by atoms with Gasteiger partial charge in [0.1, 0.15) is 18.8 Å². The zero-order valence-electron chi connectivity index (χ0n) is 11.5. The van der Waals surface area contributed by atoms with Crippen LogP contribution in [0.3, 0.4) is 0 Å². The fourth-order valence-corrected chi connectivity index (χ4v) is 1.63. The summed E-state index contributed by atoms with van der Waals surface area (Å²) in [4.78, 5) is 22.5. The topological polar surface area (TPSA) is 52.6 Å². The monoisotopic (exact) mass is 264 g/mol. The Balaban J connectivity index is 2.35. The van der Waals surface area contributed by atoms with Crippen molar-refractivity contribution >= 4 is 11.8 Å². The van der Waals surface area contributed by atoms with Crippen molar-refractivity contribution < 1.29 is 19.1 Å². The first-order valence-corrected chi connectivity index (χ1v) is 6.54. The number of ketones is 1. The van der Waals surface area contributed by atoms with Crippen LogP contribution < -0.4 is 4.74 Å². The molecular formula is C15H20O4. The van der Waals surface area contributed by atoms with Crippen molar-refractivity contribution in [1.82, 2.24) is 0 Å². The largest absolute Gasteiger partial charge is 0.486 e.